The van der Waals surface area contributed by atoms with E-state index in [1.54, 1.807) is 24.3 Å². The van der Waals surface area contributed by atoms with Gasteiger partial charge in [-0.2, -0.15) is 0 Å². The van der Waals surface area contributed by atoms with Gasteiger partial charge in [-0.3, -0.25) is 4.79 Å². The van der Waals surface area contributed by atoms with Gasteiger partial charge in [0.2, 0.25) is 0 Å². The van der Waals surface area contributed by atoms with E-state index in [1.807, 2.05) is 6.07 Å². The summed E-state index contributed by atoms with van der Waals surface area (Å²) in [7, 11) is 0. The van der Waals surface area contributed by atoms with E-state index >= 15 is 0 Å². The van der Waals surface area contributed by atoms with Gasteiger partial charge in [-0.05, 0) is 23.8 Å². The molecule has 0 saturated carbocycles. The number of hydrogen-bond donors (Lipinski definition) is 2. The number of carbonyl (C=O) groups excluding carboxylic acids is 1. The summed E-state index contributed by atoms with van der Waals surface area (Å²) in [5.41, 5.74) is 0.791. The lowest BCUT2D eigenvalue weighted by Gasteiger charge is -2.14. The molecule has 0 fully saturated rings. The van der Waals surface area contributed by atoms with Crippen LogP contribution in [0.5, 0.6) is 0 Å². The molecule has 1 atom stereocenters. The highest BCUT2D eigenvalue weighted by molar-refractivity contribution is 7.21. The Balaban J connectivity index is 1.84. The van der Waals surface area contributed by atoms with Crippen molar-refractivity contribution in [1.82, 2.24) is 5.32 Å². The molecule has 1 aromatic heterocycles. The van der Waals surface area contributed by atoms with Crippen molar-refractivity contribution < 1.29 is 19.1 Å². The quantitative estimate of drug-likeness (QED) is 0.702. The highest BCUT2D eigenvalue weighted by Gasteiger charge is 2.24. The zero-order valence-corrected chi connectivity index (χ0v) is 14.4. The smallest absolute Gasteiger partial charge is 0.326 e. The Morgan fingerprint density at radius 3 is 2.60 bits per heavy atom. The van der Waals surface area contributed by atoms with E-state index < -0.39 is 23.7 Å². The minimum Gasteiger partial charge on any atom is -0.480 e. The number of rotatable bonds is 5. The second-order valence-electron chi connectivity index (χ2n) is 5.44. The monoisotopic (exact) mass is 377 g/mol. The standard InChI is InChI=1S/C18H13ClFNO3S/c19-15-12-7-6-11(20)9-14(12)25-16(15)17(22)21-13(18(23)24)8-10-4-2-1-3-5-10/h1-7,9,13H,8H2,(H,21,22)(H,23,24)/t13-/m1/s1. The van der Waals surface area contributed by atoms with Crippen molar-refractivity contribution in [2.24, 2.45) is 0 Å². The lowest BCUT2D eigenvalue weighted by molar-refractivity contribution is -0.139. The Labute approximate surface area is 151 Å². The Hall–Kier alpha value is -2.44. The van der Waals surface area contributed by atoms with Gasteiger partial charge in [0.1, 0.15) is 16.7 Å². The summed E-state index contributed by atoms with van der Waals surface area (Å²) in [5.74, 6) is -2.15. The van der Waals surface area contributed by atoms with E-state index in [1.165, 1.54) is 18.2 Å². The van der Waals surface area contributed by atoms with Crippen LogP contribution in [0, 0.1) is 5.82 Å². The first kappa shape index (κ1) is 17.4. The number of nitrogens with one attached hydrogen (secondary N) is 1. The van der Waals surface area contributed by atoms with Gasteiger partial charge >= 0.3 is 5.97 Å². The van der Waals surface area contributed by atoms with Crippen LogP contribution in [0.4, 0.5) is 4.39 Å². The zero-order chi connectivity index (χ0) is 18.0. The molecule has 0 bridgehead atoms. The molecule has 3 aromatic rings. The van der Waals surface area contributed by atoms with Crippen LogP contribution >= 0.6 is 22.9 Å². The van der Waals surface area contributed by atoms with Gasteiger partial charge in [0.05, 0.1) is 5.02 Å². The second kappa shape index (κ2) is 7.21. The van der Waals surface area contributed by atoms with Crippen molar-refractivity contribution in [2.75, 3.05) is 0 Å². The van der Waals surface area contributed by atoms with E-state index in [4.69, 9.17) is 11.6 Å². The number of benzene rings is 2. The molecular weight excluding hydrogens is 365 g/mol. The van der Waals surface area contributed by atoms with Gasteiger partial charge in [0.15, 0.2) is 0 Å². The first-order chi connectivity index (χ1) is 12.0. The van der Waals surface area contributed by atoms with Gasteiger partial charge in [-0.15, -0.1) is 11.3 Å². The number of carbonyl (C=O) groups is 2. The van der Waals surface area contributed by atoms with E-state index in [0.29, 0.717) is 10.1 Å². The van der Waals surface area contributed by atoms with Gasteiger partial charge in [0.25, 0.3) is 5.91 Å². The highest BCUT2D eigenvalue weighted by Crippen LogP contribution is 2.35. The minimum atomic E-state index is -1.14. The van der Waals surface area contributed by atoms with Crippen molar-refractivity contribution in [3.8, 4) is 0 Å². The van der Waals surface area contributed by atoms with Crippen LogP contribution in [0.25, 0.3) is 10.1 Å². The summed E-state index contributed by atoms with van der Waals surface area (Å²) in [6.45, 7) is 0. The van der Waals surface area contributed by atoms with E-state index in [-0.39, 0.29) is 16.3 Å². The molecule has 25 heavy (non-hydrogen) atoms. The molecule has 1 heterocycles. The number of hydrogen-bond acceptors (Lipinski definition) is 3. The third-order valence-electron chi connectivity index (χ3n) is 3.68. The van der Waals surface area contributed by atoms with Crippen LogP contribution in [0.2, 0.25) is 5.02 Å². The van der Waals surface area contributed by atoms with Crippen molar-refractivity contribution in [3.05, 3.63) is 69.8 Å². The largest absolute Gasteiger partial charge is 0.480 e. The number of carboxylic acids is 1. The minimum absolute atomic E-state index is 0.152. The Bertz CT molecular complexity index is 942. The molecule has 128 valence electrons. The molecule has 0 aliphatic heterocycles. The number of halogens is 2. The van der Waals surface area contributed by atoms with Gasteiger partial charge in [-0.1, -0.05) is 41.9 Å². The van der Waals surface area contributed by atoms with Crippen molar-refractivity contribution in [3.63, 3.8) is 0 Å². The molecule has 2 aromatic carbocycles. The second-order valence-corrected chi connectivity index (χ2v) is 6.87. The Kier molecular flexibility index (Phi) is 5.01. The predicted molar refractivity (Wildman–Crippen MR) is 95.8 cm³/mol. The van der Waals surface area contributed by atoms with Crippen LogP contribution in [-0.4, -0.2) is 23.0 Å². The maximum absolute atomic E-state index is 13.3. The zero-order valence-electron chi connectivity index (χ0n) is 12.8. The summed E-state index contributed by atoms with van der Waals surface area (Å²) in [6.07, 6.45) is 0.152. The molecule has 3 rings (SSSR count). The number of aliphatic carboxylic acids is 1. The molecule has 0 spiro atoms. The maximum Gasteiger partial charge on any atom is 0.326 e. The van der Waals surface area contributed by atoms with Gasteiger partial charge < -0.3 is 10.4 Å². The molecule has 2 N–H and O–H groups in total. The molecule has 7 heteroatoms. The van der Waals surface area contributed by atoms with Crippen LogP contribution in [0.3, 0.4) is 0 Å². The molecule has 4 nitrogen and oxygen atoms in total. The first-order valence-electron chi connectivity index (χ1n) is 7.41. The van der Waals surface area contributed by atoms with Gasteiger partial charge in [0, 0.05) is 16.5 Å². The Morgan fingerprint density at radius 1 is 1.20 bits per heavy atom. The summed E-state index contributed by atoms with van der Waals surface area (Å²) < 4.78 is 13.9. The van der Waals surface area contributed by atoms with E-state index in [9.17, 15) is 19.1 Å². The average Bonchev–Trinajstić information content (AvgIpc) is 2.91. The number of fused-ring (bicyclic) bond motifs is 1. The van der Waals surface area contributed by atoms with Crippen molar-refractivity contribution >= 4 is 44.9 Å². The summed E-state index contributed by atoms with van der Waals surface area (Å²) in [5, 5.41) is 12.6. The molecular formula is C18H13ClFNO3S. The summed E-state index contributed by atoms with van der Waals surface area (Å²) in [6, 6.07) is 12.0. The summed E-state index contributed by atoms with van der Waals surface area (Å²) in [4.78, 5) is 24.1. The normalized spacial score (nSPS) is 12.1. The highest BCUT2D eigenvalue weighted by atomic mass is 35.5. The first-order valence-corrected chi connectivity index (χ1v) is 8.60. The van der Waals surface area contributed by atoms with Crippen LogP contribution < -0.4 is 5.32 Å². The Morgan fingerprint density at radius 2 is 1.92 bits per heavy atom. The fourth-order valence-corrected chi connectivity index (χ4v) is 3.90. The lowest BCUT2D eigenvalue weighted by Crippen LogP contribution is -2.42. The molecule has 0 aliphatic carbocycles. The number of amides is 1. The van der Waals surface area contributed by atoms with Crippen LogP contribution in [0.1, 0.15) is 15.2 Å². The number of carboxylic acid groups (broad SMARTS) is 1. The molecule has 1 amide bonds. The fraction of sp³-hybridized carbons (Fsp3) is 0.111. The number of thiophene rings is 1. The SMILES string of the molecule is O=C(N[C@H](Cc1ccccc1)C(=O)O)c1sc2cc(F)ccc2c1Cl. The van der Waals surface area contributed by atoms with Gasteiger partial charge in [-0.25, -0.2) is 9.18 Å². The molecule has 0 saturated heterocycles. The third-order valence-corrected chi connectivity index (χ3v) is 5.34. The van der Waals surface area contributed by atoms with Crippen molar-refractivity contribution in [1.29, 1.82) is 0 Å². The maximum atomic E-state index is 13.3. The molecule has 0 unspecified atom stereocenters. The van der Waals surface area contributed by atoms with Crippen LogP contribution in [0.15, 0.2) is 48.5 Å². The lowest BCUT2D eigenvalue weighted by atomic mass is 10.1. The van der Waals surface area contributed by atoms with E-state index in [2.05, 4.69) is 5.32 Å². The van der Waals surface area contributed by atoms with Crippen LogP contribution in [-0.2, 0) is 11.2 Å². The molecule has 0 radical (unpaired) electrons. The topological polar surface area (TPSA) is 66.4 Å². The third kappa shape index (κ3) is 3.81. The molecule has 0 aliphatic rings. The predicted octanol–water partition coefficient (Wildman–Crippen LogP) is 4.12. The summed E-state index contributed by atoms with van der Waals surface area (Å²) >= 11 is 7.24. The average molecular weight is 378 g/mol. The van der Waals surface area contributed by atoms with Crippen molar-refractivity contribution in [2.45, 2.75) is 12.5 Å². The van der Waals surface area contributed by atoms with E-state index in [0.717, 1.165) is 16.9 Å². The fourth-order valence-electron chi connectivity index (χ4n) is 2.46.